The molecule has 0 aliphatic heterocycles. The second-order valence-electron chi connectivity index (χ2n) is 5.45. The Kier molecular flexibility index (Phi) is 5.05. The van der Waals surface area contributed by atoms with E-state index < -0.39 is 15.9 Å². The van der Waals surface area contributed by atoms with Crippen molar-refractivity contribution in [2.24, 2.45) is 0 Å². The lowest BCUT2D eigenvalue weighted by molar-refractivity contribution is 0.0981. The smallest absolute Gasteiger partial charge is 0.264 e. The first kappa shape index (κ1) is 17.0. The fraction of sp³-hybridized carbons (Fsp3) is 0.235. The van der Waals surface area contributed by atoms with Gasteiger partial charge in [0.05, 0.1) is 12.4 Å². The van der Waals surface area contributed by atoms with Crippen LogP contribution < -0.4 is 9.46 Å². The third-order valence-electron chi connectivity index (χ3n) is 2.97. The normalized spacial score (nSPS) is 11.3. The molecule has 0 aliphatic carbocycles. The largest absolute Gasteiger partial charge is 0.490 e. The third kappa shape index (κ3) is 4.82. The second kappa shape index (κ2) is 6.83. The van der Waals surface area contributed by atoms with E-state index in [1.54, 1.807) is 18.2 Å². The summed E-state index contributed by atoms with van der Waals surface area (Å²) in [6.45, 7) is 3.77. The zero-order chi connectivity index (χ0) is 17.0. The van der Waals surface area contributed by atoms with Crippen molar-refractivity contribution in [1.82, 2.24) is 4.72 Å². The van der Waals surface area contributed by atoms with Crippen molar-refractivity contribution in [3.8, 4) is 16.9 Å². The molecule has 0 aromatic heterocycles. The topological polar surface area (TPSA) is 72.5 Å². The predicted octanol–water partition coefficient (Wildman–Crippen LogP) is 2.83. The molecule has 5 nitrogen and oxygen atoms in total. The van der Waals surface area contributed by atoms with Gasteiger partial charge < -0.3 is 4.74 Å². The van der Waals surface area contributed by atoms with E-state index in [9.17, 15) is 13.2 Å². The summed E-state index contributed by atoms with van der Waals surface area (Å²) in [5.74, 6) is -0.145. The molecule has 0 heterocycles. The third-order valence-corrected chi connectivity index (χ3v) is 3.53. The molecule has 0 radical (unpaired) electrons. The standard InChI is InChI=1S/C17H19NO4S/c1-12(2)22-16-11-14(17(19)18-23(3,20)21)9-10-15(16)13-7-5-4-6-8-13/h4-12H,1-3H3,(H,18,19). The van der Waals surface area contributed by atoms with Crippen LogP contribution in [0.15, 0.2) is 48.5 Å². The summed E-state index contributed by atoms with van der Waals surface area (Å²) < 4.78 is 30.1. The molecule has 1 amide bonds. The van der Waals surface area contributed by atoms with Gasteiger partial charge in [0.25, 0.3) is 5.91 Å². The van der Waals surface area contributed by atoms with E-state index >= 15 is 0 Å². The molecular formula is C17H19NO4S. The van der Waals surface area contributed by atoms with E-state index in [4.69, 9.17) is 4.74 Å². The van der Waals surface area contributed by atoms with Crippen molar-refractivity contribution in [3.05, 3.63) is 54.1 Å². The quantitative estimate of drug-likeness (QED) is 0.913. The number of amides is 1. The molecule has 0 bridgehead atoms. The van der Waals surface area contributed by atoms with Crippen LogP contribution in [0.1, 0.15) is 24.2 Å². The minimum absolute atomic E-state index is 0.0781. The maximum Gasteiger partial charge on any atom is 0.264 e. The fourth-order valence-electron chi connectivity index (χ4n) is 2.10. The van der Waals surface area contributed by atoms with Gasteiger partial charge in [-0.15, -0.1) is 0 Å². The molecule has 0 aliphatic rings. The van der Waals surface area contributed by atoms with Gasteiger partial charge in [-0.3, -0.25) is 4.79 Å². The molecule has 0 unspecified atom stereocenters. The van der Waals surface area contributed by atoms with E-state index in [1.165, 1.54) is 0 Å². The molecule has 0 saturated heterocycles. The van der Waals surface area contributed by atoms with Gasteiger partial charge in [-0.1, -0.05) is 30.3 Å². The molecule has 2 aromatic carbocycles. The van der Waals surface area contributed by atoms with Crippen molar-refractivity contribution in [2.45, 2.75) is 20.0 Å². The maximum absolute atomic E-state index is 12.0. The first-order valence-corrected chi connectivity index (χ1v) is 9.03. The lowest BCUT2D eigenvalue weighted by atomic mass is 10.0. The van der Waals surface area contributed by atoms with Gasteiger partial charge in [-0.25, -0.2) is 13.1 Å². The molecule has 0 spiro atoms. The van der Waals surface area contributed by atoms with Gasteiger partial charge in [0, 0.05) is 11.1 Å². The number of ether oxygens (including phenoxy) is 1. The number of carbonyl (C=O) groups excluding carboxylic acids is 1. The van der Waals surface area contributed by atoms with Gasteiger partial charge in [0.15, 0.2) is 0 Å². The number of hydrogen-bond acceptors (Lipinski definition) is 4. The summed E-state index contributed by atoms with van der Waals surface area (Å²) in [4.78, 5) is 12.0. The number of rotatable bonds is 5. The number of nitrogens with one attached hydrogen (secondary N) is 1. The Balaban J connectivity index is 2.44. The highest BCUT2D eigenvalue weighted by atomic mass is 32.2. The van der Waals surface area contributed by atoms with E-state index in [-0.39, 0.29) is 11.7 Å². The lowest BCUT2D eigenvalue weighted by Gasteiger charge is -2.16. The van der Waals surface area contributed by atoms with Crippen LogP contribution in [0.25, 0.3) is 11.1 Å². The van der Waals surface area contributed by atoms with Crippen molar-refractivity contribution in [1.29, 1.82) is 0 Å². The summed E-state index contributed by atoms with van der Waals surface area (Å²) in [5, 5.41) is 0. The van der Waals surface area contributed by atoms with Gasteiger partial charge in [-0.05, 0) is 37.6 Å². The molecule has 6 heteroatoms. The van der Waals surface area contributed by atoms with Crippen molar-refractivity contribution < 1.29 is 17.9 Å². The summed E-state index contributed by atoms with van der Waals surface area (Å²) in [5.41, 5.74) is 2.03. The average molecular weight is 333 g/mol. The van der Waals surface area contributed by atoms with Crippen molar-refractivity contribution in [3.63, 3.8) is 0 Å². The molecule has 23 heavy (non-hydrogen) atoms. The van der Waals surface area contributed by atoms with Gasteiger partial charge in [0.2, 0.25) is 10.0 Å². The SMILES string of the molecule is CC(C)Oc1cc(C(=O)NS(C)(=O)=O)ccc1-c1ccccc1. The maximum atomic E-state index is 12.0. The number of benzene rings is 2. The first-order valence-electron chi connectivity index (χ1n) is 7.14. The van der Waals surface area contributed by atoms with Crippen LogP contribution in [-0.4, -0.2) is 26.7 Å². The van der Waals surface area contributed by atoms with E-state index in [1.807, 2.05) is 48.9 Å². The van der Waals surface area contributed by atoms with Crippen LogP contribution in [0.3, 0.4) is 0 Å². The summed E-state index contributed by atoms with van der Waals surface area (Å²) in [6.07, 6.45) is 0.861. The number of carbonyl (C=O) groups is 1. The Labute approximate surface area is 136 Å². The Hall–Kier alpha value is -2.34. The summed E-state index contributed by atoms with van der Waals surface area (Å²) >= 11 is 0. The Bertz CT molecular complexity index is 799. The molecule has 0 atom stereocenters. The molecular weight excluding hydrogens is 314 g/mol. The summed E-state index contributed by atoms with van der Waals surface area (Å²) in [6, 6.07) is 14.5. The van der Waals surface area contributed by atoms with Crippen LogP contribution >= 0.6 is 0 Å². The van der Waals surface area contributed by atoms with Gasteiger partial charge in [0.1, 0.15) is 5.75 Å². The lowest BCUT2D eigenvalue weighted by Crippen LogP contribution is -2.29. The predicted molar refractivity (Wildman–Crippen MR) is 90.0 cm³/mol. The van der Waals surface area contributed by atoms with Crippen molar-refractivity contribution in [2.75, 3.05) is 6.26 Å². The molecule has 2 rings (SSSR count). The number of hydrogen-bond donors (Lipinski definition) is 1. The van der Waals surface area contributed by atoms with Crippen LogP contribution in [0.2, 0.25) is 0 Å². The molecule has 122 valence electrons. The Morgan fingerprint density at radius 3 is 2.30 bits per heavy atom. The average Bonchev–Trinajstić information content (AvgIpc) is 2.45. The fourth-order valence-corrected chi connectivity index (χ4v) is 2.55. The van der Waals surface area contributed by atoms with Crippen LogP contribution in [0.4, 0.5) is 0 Å². The summed E-state index contributed by atoms with van der Waals surface area (Å²) in [7, 11) is -3.61. The highest BCUT2D eigenvalue weighted by Gasteiger charge is 2.15. The minimum atomic E-state index is -3.61. The van der Waals surface area contributed by atoms with E-state index in [2.05, 4.69) is 0 Å². The van der Waals surface area contributed by atoms with Gasteiger partial charge >= 0.3 is 0 Å². The molecule has 0 saturated carbocycles. The second-order valence-corrected chi connectivity index (χ2v) is 7.20. The highest BCUT2D eigenvalue weighted by Crippen LogP contribution is 2.31. The minimum Gasteiger partial charge on any atom is -0.490 e. The van der Waals surface area contributed by atoms with Crippen LogP contribution in [0, 0.1) is 0 Å². The zero-order valence-corrected chi connectivity index (χ0v) is 14.1. The Morgan fingerprint density at radius 1 is 1.09 bits per heavy atom. The highest BCUT2D eigenvalue weighted by molar-refractivity contribution is 7.89. The Morgan fingerprint density at radius 2 is 1.74 bits per heavy atom. The molecule has 2 aromatic rings. The zero-order valence-electron chi connectivity index (χ0n) is 13.2. The van der Waals surface area contributed by atoms with Crippen LogP contribution in [-0.2, 0) is 10.0 Å². The van der Waals surface area contributed by atoms with E-state index in [0.29, 0.717) is 5.75 Å². The first-order chi connectivity index (χ1) is 10.8. The van der Waals surface area contributed by atoms with Gasteiger partial charge in [-0.2, -0.15) is 0 Å². The number of sulfonamides is 1. The molecule has 1 N–H and O–H groups in total. The van der Waals surface area contributed by atoms with E-state index in [0.717, 1.165) is 17.4 Å². The molecule has 0 fully saturated rings. The monoisotopic (exact) mass is 333 g/mol. The van der Waals surface area contributed by atoms with Crippen molar-refractivity contribution >= 4 is 15.9 Å². The van der Waals surface area contributed by atoms with Crippen LogP contribution in [0.5, 0.6) is 5.75 Å².